The third-order valence-corrected chi connectivity index (χ3v) is 2.95. The van der Waals surface area contributed by atoms with Gasteiger partial charge in [0.1, 0.15) is 0 Å². The molecule has 2 heterocycles. The maximum absolute atomic E-state index is 5.67. The van der Waals surface area contributed by atoms with Crippen LogP contribution in [0.2, 0.25) is 0 Å². The summed E-state index contributed by atoms with van der Waals surface area (Å²) in [6.07, 6.45) is 1.71. The van der Waals surface area contributed by atoms with Crippen molar-refractivity contribution in [3.63, 3.8) is 0 Å². The van der Waals surface area contributed by atoms with E-state index in [0.717, 1.165) is 10.0 Å². The van der Waals surface area contributed by atoms with Crippen LogP contribution in [0.25, 0.3) is 22.7 Å². The number of pyridine rings is 1. The fourth-order valence-corrected chi connectivity index (χ4v) is 1.93. The van der Waals surface area contributed by atoms with Gasteiger partial charge in [-0.1, -0.05) is 17.7 Å². The monoisotopic (exact) mass is 288 g/mol. The third-order valence-electron chi connectivity index (χ3n) is 2.51. The van der Waals surface area contributed by atoms with E-state index in [0.29, 0.717) is 17.1 Å². The zero-order valence-corrected chi connectivity index (χ0v) is 10.7. The minimum Gasteiger partial charge on any atom is -0.434 e. The standard InChI is InChI=1S/C13H9BrN2O/c1-8-2-4-9(5-3-8)13-16-12-11(17-13)6-10(14)7-15-12/h2-7H,1H3. The van der Waals surface area contributed by atoms with Gasteiger partial charge in [-0.05, 0) is 35.0 Å². The predicted molar refractivity (Wildman–Crippen MR) is 69.7 cm³/mol. The number of oxazole rings is 1. The Kier molecular flexibility index (Phi) is 2.44. The highest BCUT2D eigenvalue weighted by atomic mass is 79.9. The second-order valence-corrected chi connectivity index (χ2v) is 4.78. The van der Waals surface area contributed by atoms with Crippen LogP contribution >= 0.6 is 15.9 Å². The lowest BCUT2D eigenvalue weighted by molar-refractivity contribution is 0.619. The summed E-state index contributed by atoms with van der Waals surface area (Å²) >= 11 is 3.36. The molecule has 0 aliphatic carbocycles. The van der Waals surface area contributed by atoms with E-state index >= 15 is 0 Å². The average Bonchev–Trinajstić information content (AvgIpc) is 2.72. The molecule has 0 radical (unpaired) electrons. The molecule has 0 fully saturated rings. The van der Waals surface area contributed by atoms with Crippen LogP contribution in [0.15, 0.2) is 45.4 Å². The van der Waals surface area contributed by atoms with Gasteiger partial charge in [0.25, 0.3) is 0 Å². The summed E-state index contributed by atoms with van der Waals surface area (Å²) < 4.78 is 6.56. The van der Waals surface area contributed by atoms with Crippen LogP contribution in [-0.2, 0) is 0 Å². The van der Waals surface area contributed by atoms with Gasteiger partial charge < -0.3 is 4.42 Å². The van der Waals surface area contributed by atoms with Crippen molar-refractivity contribution in [2.45, 2.75) is 6.92 Å². The Morgan fingerprint density at radius 1 is 1.18 bits per heavy atom. The highest BCUT2D eigenvalue weighted by Gasteiger charge is 2.08. The van der Waals surface area contributed by atoms with Gasteiger partial charge in [-0.25, -0.2) is 4.98 Å². The first kappa shape index (κ1) is 10.5. The summed E-state index contributed by atoms with van der Waals surface area (Å²) in [4.78, 5) is 8.55. The molecule has 0 spiro atoms. The largest absolute Gasteiger partial charge is 0.434 e. The Hall–Kier alpha value is -1.68. The van der Waals surface area contributed by atoms with Crippen LogP contribution in [-0.4, -0.2) is 9.97 Å². The SMILES string of the molecule is Cc1ccc(-c2nc3ncc(Br)cc3o2)cc1. The van der Waals surface area contributed by atoms with Gasteiger partial charge in [0.05, 0.1) is 0 Å². The Balaban J connectivity index is 2.14. The molecule has 3 rings (SSSR count). The van der Waals surface area contributed by atoms with E-state index in [4.69, 9.17) is 4.42 Å². The molecule has 0 N–H and O–H groups in total. The number of aromatic nitrogens is 2. The first-order valence-electron chi connectivity index (χ1n) is 5.21. The molecule has 0 amide bonds. The second kappa shape index (κ2) is 3.96. The Morgan fingerprint density at radius 2 is 1.94 bits per heavy atom. The van der Waals surface area contributed by atoms with Crippen molar-refractivity contribution in [3.8, 4) is 11.5 Å². The Labute approximate surface area is 107 Å². The van der Waals surface area contributed by atoms with Crippen LogP contribution in [0.1, 0.15) is 5.56 Å². The normalized spacial score (nSPS) is 10.9. The molecule has 0 aliphatic heterocycles. The summed E-state index contributed by atoms with van der Waals surface area (Å²) in [6.45, 7) is 2.05. The molecule has 84 valence electrons. The Morgan fingerprint density at radius 3 is 2.71 bits per heavy atom. The van der Waals surface area contributed by atoms with Gasteiger partial charge in [0, 0.05) is 22.3 Å². The van der Waals surface area contributed by atoms with Crippen molar-refractivity contribution in [1.82, 2.24) is 9.97 Å². The van der Waals surface area contributed by atoms with Gasteiger partial charge in [-0.3, -0.25) is 0 Å². The fourth-order valence-electron chi connectivity index (χ4n) is 1.62. The van der Waals surface area contributed by atoms with E-state index in [2.05, 4.69) is 32.8 Å². The van der Waals surface area contributed by atoms with Crippen LogP contribution in [0, 0.1) is 6.92 Å². The highest BCUT2D eigenvalue weighted by molar-refractivity contribution is 9.10. The average molecular weight is 289 g/mol. The number of hydrogen-bond acceptors (Lipinski definition) is 3. The number of fused-ring (bicyclic) bond motifs is 1. The third kappa shape index (κ3) is 1.96. The number of aryl methyl sites for hydroxylation is 1. The zero-order valence-electron chi connectivity index (χ0n) is 9.14. The van der Waals surface area contributed by atoms with E-state index in [-0.39, 0.29) is 0 Å². The molecule has 0 unspecified atom stereocenters. The first-order valence-corrected chi connectivity index (χ1v) is 6.01. The van der Waals surface area contributed by atoms with Crippen molar-refractivity contribution in [2.24, 2.45) is 0 Å². The van der Waals surface area contributed by atoms with Gasteiger partial charge in [-0.2, -0.15) is 4.98 Å². The molecule has 1 aromatic carbocycles. The topological polar surface area (TPSA) is 38.9 Å². The van der Waals surface area contributed by atoms with Crippen LogP contribution < -0.4 is 0 Å². The van der Waals surface area contributed by atoms with Gasteiger partial charge in [0.15, 0.2) is 11.2 Å². The zero-order chi connectivity index (χ0) is 11.8. The lowest BCUT2D eigenvalue weighted by Gasteiger charge is -1.95. The van der Waals surface area contributed by atoms with Crippen molar-refractivity contribution in [1.29, 1.82) is 0 Å². The smallest absolute Gasteiger partial charge is 0.228 e. The van der Waals surface area contributed by atoms with Crippen LogP contribution in [0.4, 0.5) is 0 Å². The van der Waals surface area contributed by atoms with Crippen LogP contribution in [0.5, 0.6) is 0 Å². The maximum atomic E-state index is 5.67. The summed E-state index contributed by atoms with van der Waals surface area (Å²) in [5, 5.41) is 0. The lowest BCUT2D eigenvalue weighted by Crippen LogP contribution is -1.78. The van der Waals surface area contributed by atoms with Crippen molar-refractivity contribution < 1.29 is 4.42 Å². The summed E-state index contributed by atoms with van der Waals surface area (Å²) in [5.74, 6) is 0.602. The lowest BCUT2D eigenvalue weighted by atomic mass is 10.1. The number of hydrogen-bond donors (Lipinski definition) is 0. The minimum absolute atomic E-state index is 0.602. The van der Waals surface area contributed by atoms with Crippen molar-refractivity contribution in [3.05, 3.63) is 46.6 Å². The Bertz CT molecular complexity index is 673. The summed E-state index contributed by atoms with van der Waals surface area (Å²) in [7, 11) is 0. The van der Waals surface area contributed by atoms with Gasteiger partial charge in [-0.15, -0.1) is 0 Å². The van der Waals surface area contributed by atoms with Gasteiger partial charge >= 0.3 is 0 Å². The van der Waals surface area contributed by atoms with Crippen molar-refractivity contribution >= 4 is 27.2 Å². The summed E-state index contributed by atoms with van der Waals surface area (Å²) in [5.41, 5.74) is 3.49. The molecule has 0 saturated heterocycles. The van der Waals surface area contributed by atoms with Crippen LogP contribution in [0.3, 0.4) is 0 Å². The number of benzene rings is 1. The molecule has 0 atom stereocenters. The van der Waals surface area contributed by atoms with Crippen molar-refractivity contribution in [2.75, 3.05) is 0 Å². The molecule has 0 bridgehead atoms. The predicted octanol–water partition coefficient (Wildman–Crippen LogP) is 3.96. The van der Waals surface area contributed by atoms with E-state index < -0.39 is 0 Å². The molecule has 3 nitrogen and oxygen atoms in total. The van der Waals surface area contributed by atoms with E-state index in [1.165, 1.54) is 5.56 Å². The fraction of sp³-hybridized carbons (Fsp3) is 0.0769. The van der Waals surface area contributed by atoms with E-state index in [9.17, 15) is 0 Å². The highest BCUT2D eigenvalue weighted by Crippen LogP contribution is 2.24. The molecule has 4 heteroatoms. The molecular formula is C13H9BrN2O. The number of nitrogens with zero attached hydrogens (tertiary/aromatic N) is 2. The van der Waals surface area contributed by atoms with E-state index in [1.54, 1.807) is 6.20 Å². The molecule has 2 aromatic heterocycles. The minimum atomic E-state index is 0.602. The molecule has 17 heavy (non-hydrogen) atoms. The number of rotatable bonds is 1. The summed E-state index contributed by atoms with van der Waals surface area (Å²) in [6, 6.07) is 9.93. The molecule has 0 saturated carbocycles. The number of halogens is 1. The second-order valence-electron chi connectivity index (χ2n) is 3.86. The maximum Gasteiger partial charge on any atom is 0.228 e. The first-order chi connectivity index (χ1) is 8.22. The van der Waals surface area contributed by atoms with Gasteiger partial charge in [0.2, 0.25) is 5.89 Å². The molecular weight excluding hydrogens is 280 g/mol. The quantitative estimate of drug-likeness (QED) is 0.680. The molecule has 0 aliphatic rings. The molecule has 3 aromatic rings. The van der Waals surface area contributed by atoms with E-state index in [1.807, 2.05) is 30.3 Å².